The summed E-state index contributed by atoms with van der Waals surface area (Å²) in [7, 11) is 1.58. The van der Waals surface area contributed by atoms with E-state index in [1.54, 1.807) is 38.3 Å². The van der Waals surface area contributed by atoms with Gasteiger partial charge in [-0.25, -0.2) is 4.79 Å². The van der Waals surface area contributed by atoms with Gasteiger partial charge in [0.2, 0.25) is 0 Å². The van der Waals surface area contributed by atoms with Gasteiger partial charge in [0.15, 0.2) is 0 Å². The van der Waals surface area contributed by atoms with E-state index in [0.29, 0.717) is 17.3 Å². The first-order chi connectivity index (χ1) is 8.11. The Bertz CT molecular complexity index is 537. The summed E-state index contributed by atoms with van der Waals surface area (Å²) >= 11 is 0. The fourth-order valence-corrected chi connectivity index (χ4v) is 1.63. The molecule has 17 heavy (non-hydrogen) atoms. The topological polar surface area (TPSA) is 59.7 Å². The molecule has 0 bridgehead atoms. The van der Waals surface area contributed by atoms with Crippen LogP contribution in [0.25, 0.3) is 11.3 Å². The molecular formula is C13H12O4. The zero-order valence-corrected chi connectivity index (χ0v) is 9.56. The molecule has 0 aliphatic rings. The van der Waals surface area contributed by atoms with E-state index in [2.05, 4.69) is 0 Å². The molecule has 0 atom stereocenters. The predicted molar refractivity (Wildman–Crippen MR) is 62.4 cm³/mol. The molecule has 1 heterocycles. The Hall–Kier alpha value is -2.23. The Labute approximate surface area is 98.4 Å². The quantitative estimate of drug-likeness (QED) is 0.883. The average Bonchev–Trinajstić information content (AvgIpc) is 2.72. The van der Waals surface area contributed by atoms with E-state index in [0.717, 1.165) is 5.56 Å². The molecule has 1 aromatic heterocycles. The van der Waals surface area contributed by atoms with Gasteiger partial charge < -0.3 is 14.3 Å². The lowest BCUT2D eigenvalue weighted by Crippen LogP contribution is -1.95. The second kappa shape index (κ2) is 4.33. The SMILES string of the molecule is COc1ccc(-c2oc(C)cc2C(=O)O)cc1. The number of methoxy groups -OCH3 is 1. The summed E-state index contributed by atoms with van der Waals surface area (Å²) in [5, 5.41) is 9.06. The van der Waals surface area contributed by atoms with Gasteiger partial charge in [-0.1, -0.05) is 0 Å². The maximum Gasteiger partial charge on any atom is 0.339 e. The van der Waals surface area contributed by atoms with Crippen LogP contribution in [0, 0.1) is 6.92 Å². The summed E-state index contributed by atoms with van der Waals surface area (Å²) in [6.45, 7) is 1.72. The van der Waals surface area contributed by atoms with Crippen LogP contribution in [-0.2, 0) is 0 Å². The molecule has 4 heteroatoms. The molecule has 1 aromatic carbocycles. The molecule has 0 aliphatic heterocycles. The average molecular weight is 232 g/mol. The summed E-state index contributed by atoms with van der Waals surface area (Å²) in [5.74, 6) is 0.674. The first-order valence-electron chi connectivity index (χ1n) is 5.10. The Morgan fingerprint density at radius 2 is 1.94 bits per heavy atom. The van der Waals surface area contributed by atoms with Gasteiger partial charge in [-0.05, 0) is 37.3 Å². The lowest BCUT2D eigenvalue weighted by atomic mass is 10.1. The molecule has 0 amide bonds. The van der Waals surface area contributed by atoms with Crippen LogP contribution < -0.4 is 4.74 Å². The summed E-state index contributed by atoms with van der Waals surface area (Å²) in [4.78, 5) is 11.0. The molecule has 0 spiro atoms. The Morgan fingerprint density at radius 3 is 2.47 bits per heavy atom. The fraction of sp³-hybridized carbons (Fsp3) is 0.154. The molecular weight excluding hydrogens is 220 g/mol. The van der Waals surface area contributed by atoms with Gasteiger partial charge >= 0.3 is 5.97 Å². The number of benzene rings is 1. The number of aromatic carboxylic acids is 1. The van der Waals surface area contributed by atoms with Crippen molar-refractivity contribution in [3.05, 3.63) is 41.7 Å². The molecule has 0 unspecified atom stereocenters. The lowest BCUT2D eigenvalue weighted by Gasteiger charge is -2.02. The Morgan fingerprint density at radius 1 is 1.29 bits per heavy atom. The van der Waals surface area contributed by atoms with Crippen LogP contribution in [0.5, 0.6) is 5.75 Å². The zero-order valence-electron chi connectivity index (χ0n) is 9.56. The number of carbonyl (C=O) groups is 1. The number of ether oxygens (including phenoxy) is 1. The highest BCUT2D eigenvalue weighted by molar-refractivity contribution is 5.94. The number of aryl methyl sites for hydroxylation is 1. The minimum absolute atomic E-state index is 0.174. The fourth-order valence-electron chi connectivity index (χ4n) is 1.63. The molecule has 0 radical (unpaired) electrons. The van der Waals surface area contributed by atoms with Crippen LogP contribution >= 0.6 is 0 Å². The van der Waals surface area contributed by atoms with Crippen molar-refractivity contribution in [3.8, 4) is 17.1 Å². The molecule has 4 nitrogen and oxygen atoms in total. The van der Waals surface area contributed by atoms with Gasteiger partial charge in [0.1, 0.15) is 22.8 Å². The van der Waals surface area contributed by atoms with Gasteiger partial charge in [0.05, 0.1) is 7.11 Å². The number of hydrogen-bond donors (Lipinski definition) is 1. The number of carboxylic acid groups (broad SMARTS) is 1. The van der Waals surface area contributed by atoms with E-state index in [4.69, 9.17) is 14.3 Å². The predicted octanol–water partition coefficient (Wildman–Crippen LogP) is 2.96. The monoisotopic (exact) mass is 232 g/mol. The van der Waals surface area contributed by atoms with Gasteiger partial charge in [0, 0.05) is 5.56 Å². The van der Waals surface area contributed by atoms with Crippen LogP contribution in [0.3, 0.4) is 0 Å². The van der Waals surface area contributed by atoms with Crippen molar-refractivity contribution >= 4 is 5.97 Å². The molecule has 2 rings (SSSR count). The van der Waals surface area contributed by atoms with E-state index < -0.39 is 5.97 Å². The molecule has 88 valence electrons. The van der Waals surface area contributed by atoms with Crippen LogP contribution in [0.15, 0.2) is 34.7 Å². The van der Waals surface area contributed by atoms with Gasteiger partial charge in [-0.2, -0.15) is 0 Å². The van der Waals surface area contributed by atoms with Gasteiger partial charge in [0.25, 0.3) is 0 Å². The molecule has 0 fully saturated rings. The third kappa shape index (κ3) is 2.15. The van der Waals surface area contributed by atoms with Crippen molar-refractivity contribution < 1.29 is 19.1 Å². The van der Waals surface area contributed by atoms with Gasteiger partial charge in [-0.15, -0.1) is 0 Å². The number of rotatable bonds is 3. The normalized spacial score (nSPS) is 10.2. The third-order valence-electron chi connectivity index (χ3n) is 2.44. The van der Waals surface area contributed by atoms with E-state index >= 15 is 0 Å². The number of hydrogen-bond acceptors (Lipinski definition) is 3. The zero-order chi connectivity index (χ0) is 12.4. The highest BCUT2D eigenvalue weighted by Gasteiger charge is 2.17. The summed E-state index contributed by atoms with van der Waals surface area (Å²) in [6, 6.07) is 8.58. The van der Waals surface area contributed by atoms with E-state index in [1.165, 1.54) is 6.07 Å². The number of carboxylic acids is 1. The third-order valence-corrected chi connectivity index (χ3v) is 2.44. The maximum absolute atomic E-state index is 11.0. The second-order valence-corrected chi connectivity index (χ2v) is 3.63. The Kier molecular flexibility index (Phi) is 2.87. The molecule has 0 saturated heterocycles. The molecule has 0 saturated carbocycles. The minimum Gasteiger partial charge on any atom is -0.497 e. The molecule has 0 aliphatic carbocycles. The summed E-state index contributed by atoms with van der Waals surface area (Å²) in [6.07, 6.45) is 0. The molecule has 1 N–H and O–H groups in total. The first-order valence-corrected chi connectivity index (χ1v) is 5.10. The van der Waals surface area contributed by atoms with Crippen LogP contribution in [0.1, 0.15) is 16.1 Å². The van der Waals surface area contributed by atoms with Gasteiger partial charge in [-0.3, -0.25) is 0 Å². The summed E-state index contributed by atoms with van der Waals surface area (Å²) < 4.78 is 10.5. The van der Waals surface area contributed by atoms with Crippen LogP contribution in [0.4, 0.5) is 0 Å². The van der Waals surface area contributed by atoms with E-state index in [9.17, 15) is 4.79 Å². The van der Waals surface area contributed by atoms with Crippen molar-refractivity contribution in [2.24, 2.45) is 0 Å². The van der Waals surface area contributed by atoms with Crippen molar-refractivity contribution in [2.45, 2.75) is 6.92 Å². The first kappa shape index (κ1) is 11.3. The largest absolute Gasteiger partial charge is 0.497 e. The lowest BCUT2D eigenvalue weighted by molar-refractivity contribution is 0.0697. The van der Waals surface area contributed by atoms with Crippen molar-refractivity contribution in [1.82, 2.24) is 0 Å². The van der Waals surface area contributed by atoms with E-state index in [1.807, 2.05) is 0 Å². The minimum atomic E-state index is -0.993. The smallest absolute Gasteiger partial charge is 0.339 e. The second-order valence-electron chi connectivity index (χ2n) is 3.63. The van der Waals surface area contributed by atoms with Crippen LogP contribution in [0.2, 0.25) is 0 Å². The van der Waals surface area contributed by atoms with E-state index in [-0.39, 0.29) is 5.56 Å². The Balaban J connectivity index is 2.48. The summed E-state index contributed by atoms with van der Waals surface area (Å²) in [5.41, 5.74) is 0.893. The number of furan rings is 1. The van der Waals surface area contributed by atoms with Crippen molar-refractivity contribution in [1.29, 1.82) is 0 Å². The molecule has 2 aromatic rings. The standard InChI is InChI=1S/C13H12O4/c1-8-7-11(13(14)15)12(17-8)9-3-5-10(16-2)6-4-9/h3-7H,1-2H3,(H,14,15). The van der Waals surface area contributed by atoms with Crippen LogP contribution in [-0.4, -0.2) is 18.2 Å². The maximum atomic E-state index is 11.0. The highest BCUT2D eigenvalue weighted by Crippen LogP contribution is 2.28. The van der Waals surface area contributed by atoms with Crippen molar-refractivity contribution in [2.75, 3.05) is 7.11 Å². The highest BCUT2D eigenvalue weighted by atomic mass is 16.5. The van der Waals surface area contributed by atoms with Crippen molar-refractivity contribution in [3.63, 3.8) is 0 Å².